The van der Waals surface area contributed by atoms with Crippen LogP contribution in [0.1, 0.15) is 12.8 Å². The molecule has 1 aliphatic rings. The van der Waals surface area contributed by atoms with E-state index in [-0.39, 0.29) is 5.54 Å². The molecule has 1 fully saturated rings. The molecule has 1 aromatic rings. The van der Waals surface area contributed by atoms with Crippen molar-refractivity contribution in [3.8, 4) is 0 Å². The quantitative estimate of drug-likeness (QED) is 0.899. The summed E-state index contributed by atoms with van der Waals surface area (Å²) in [5.74, 6) is 0.871. The fourth-order valence-electron chi connectivity index (χ4n) is 1.29. The van der Waals surface area contributed by atoms with Crippen molar-refractivity contribution >= 4 is 37.7 Å². The first kappa shape index (κ1) is 10.4. The van der Waals surface area contributed by atoms with Gasteiger partial charge in [-0.25, -0.2) is 4.98 Å². The molecule has 3 nitrogen and oxygen atoms in total. The number of rotatable bonds is 3. The van der Waals surface area contributed by atoms with Gasteiger partial charge >= 0.3 is 0 Å². The second-order valence-corrected chi connectivity index (χ2v) is 5.36. The molecule has 0 spiro atoms. The van der Waals surface area contributed by atoms with Gasteiger partial charge in [-0.05, 0) is 50.8 Å². The largest absolute Gasteiger partial charge is 0.362 e. The molecule has 1 aromatic heterocycles. The number of aromatic nitrogens is 1. The average molecular weight is 321 g/mol. The number of nitrogens with zero attached hydrogens (tertiary/aromatic N) is 1. The first-order chi connectivity index (χ1) is 6.65. The van der Waals surface area contributed by atoms with Gasteiger partial charge in [0, 0.05) is 17.2 Å². The fraction of sp³-hybridized carbons (Fsp3) is 0.444. The van der Waals surface area contributed by atoms with E-state index in [0.717, 1.165) is 27.6 Å². The Morgan fingerprint density at radius 3 is 2.71 bits per heavy atom. The molecule has 0 aromatic carbocycles. The summed E-state index contributed by atoms with van der Waals surface area (Å²) < 4.78 is 1.93. The van der Waals surface area contributed by atoms with Crippen molar-refractivity contribution in [1.82, 2.24) is 4.98 Å². The molecule has 0 saturated heterocycles. The number of nitrogens with two attached hydrogens (primary N) is 1. The Morgan fingerprint density at radius 2 is 2.21 bits per heavy atom. The van der Waals surface area contributed by atoms with Crippen LogP contribution in [0, 0.1) is 0 Å². The lowest BCUT2D eigenvalue weighted by Crippen LogP contribution is -2.31. The van der Waals surface area contributed by atoms with Crippen molar-refractivity contribution in [2.45, 2.75) is 18.4 Å². The van der Waals surface area contributed by atoms with Gasteiger partial charge < -0.3 is 11.1 Å². The highest BCUT2D eigenvalue weighted by Crippen LogP contribution is 2.39. The zero-order valence-corrected chi connectivity index (χ0v) is 10.7. The van der Waals surface area contributed by atoms with Crippen LogP contribution in [-0.2, 0) is 0 Å². The van der Waals surface area contributed by atoms with E-state index in [2.05, 4.69) is 42.2 Å². The third-order valence-corrected chi connectivity index (χ3v) is 3.47. The molecule has 2 rings (SSSR count). The number of hydrogen-bond acceptors (Lipinski definition) is 3. The molecular formula is C9H11Br2N3. The molecule has 1 saturated carbocycles. The van der Waals surface area contributed by atoms with Gasteiger partial charge in [-0.3, -0.25) is 0 Å². The van der Waals surface area contributed by atoms with Crippen LogP contribution in [0.4, 0.5) is 5.82 Å². The van der Waals surface area contributed by atoms with E-state index in [1.54, 1.807) is 6.20 Å². The second-order valence-electron chi connectivity index (χ2n) is 3.59. The lowest BCUT2D eigenvalue weighted by atomic mass is 10.3. The smallest absolute Gasteiger partial charge is 0.140 e. The predicted octanol–water partition coefficient (Wildman–Crippen LogP) is 2.51. The summed E-state index contributed by atoms with van der Waals surface area (Å²) in [7, 11) is 0. The summed E-state index contributed by atoms with van der Waals surface area (Å²) in [6.07, 6.45) is 4.04. The van der Waals surface area contributed by atoms with Crippen LogP contribution >= 0.6 is 31.9 Å². The van der Waals surface area contributed by atoms with Gasteiger partial charge in [-0.2, -0.15) is 0 Å². The molecule has 0 atom stereocenters. The molecule has 76 valence electrons. The topological polar surface area (TPSA) is 50.9 Å². The standard InChI is InChI=1S/C9H11Br2N3/c10-6-3-7(11)8(13-4-6)14-9(5-12)1-2-9/h3-4H,1-2,5,12H2,(H,13,14). The molecule has 0 radical (unpaired) electrons. The van der Waals surface area contributed by atoms with Crippen molar-refractivity contribution in [1.29, 1.82) is 0 Å². The number of anilines is 1. The van der Waals surface area contributed by atoms with Crippen molar-refractivity contribution in [3.63, 3.8) is 0 Å². The van der Waals surface area contributed by atoms with Crippen LogP contribution in [0.3, 0.4) is 0 Å². The van der Waals surface area contributed by atoms with E-state index >= 15 is 0 Å². The van der Waals surface area contributed by atoms with Gasteiger partial charge in [0.1, 0.15) is 5.82 Å². The molecule has 3 N–H and O–H groups in total. The Balaban J connectivity index is 2.17. The normalized spacial score (nSPS) is 17.9. The monoisotopic (exact) mass is 319 g/mol. The molecule has 0 unspecified atom stereocenters. The maximum Gasteiger partial charge on any atom is 0.140 e. The second kappa shape index (κ2) is 3.79. The van der Waals surface area contributed by atoms with E-state index < -0.39 is 0 Å². The molecule has 0 amide bonds. The summed E-state index contributed by atoms with van der Waals surface area (Å²) in [5, 5.41) is 3.37. The minimum atomic E-state index is 0.101. The number of pyridine rings is 1. The Labute approximate surface area is 99.7 Å². The van der Waals surface area contributed by atoms with Gasteiger partial charge in [0.15, 0.2) is 0 Å². The van der Waals surface area contributed by atoms with Gasteiger partial charge in [0.25, 0.3) is 0 Å². The summed E-state index contributed by atoms with van der Waals surface area (Å²) in [6.45, 7) is 0.664. The molecular weight excluding hydrogens is 310 g/mol. The highest BCUT2D eigenvalue weighted by Gasteiger charge is 2.41. The summed E-state index contributed by atoms with van der Waals surface area (Å²) in [5.41, 5.74) is 5.78. The maximum absolute atomic E-state index is 5.68. The van der Waals surface area contributed by atoms with E-state index in [0.29, 0.717) is 6.54 Å². The summed E-state index contributed by atoms with van der Waals surface area (Å²) >= 11 is 6.82. The Kier molecular flexibility index (Phi) is 2.81. The summed E-state index contributed by atoms with van der Waals surface area (Å²) in [4.78, 5) is 4.29. The zero-order valence-electron chi connectivity index (χ0n) is 7.56. The van der Waals surface area contributed by atoms with Gasteiger partial charge in [0.05, 0.1) is 10.0 Å². The van der Waals surface area contributed by atoms with Crippen LogP contribution in [0.15, 0.2) is 21.2 Å². The van der Waals surface area contributed by atoms with Crippen LogP contribution in [0.2, 0.25) is 0 Å². The fourth-order valence-corrected chi connectivity index (χ4v) is 2.38. The SMILES string of the molecule is NCC1(Nc2ncc(Br)cc2Br)CC1. The van der Waals surface area contributed by atoms with Crippen molar-refractivity contribution in [2.24, 2.45) is 5.73 Å². The van der Waals surface area contributed by atoms with Crippen molar-refractivity contribution in [3.05, 3.63) is 21.2 Å². The zero-order chi connectivity index (χ0) is 10.2. The Morgan fingerprint density at radius 1 is 1.50 bits per heavy atom. The summed E-state index contributed by atoms with van der Waals surface area (Å²) in [6, 6.07) is 1.97. The number of hydrogen-bond donors (Lipinski definition) is 2. The predicted molar refractivity (Wildman–Crippen MR) is 64.3 cm³/mol. The first-order valence-electron chi connectivity index (χ1n) is 4.44. The van der Waals surface area contributed by atoms with Gasteiger partial charge in [-0.15, -0.1) is 0 Å². The lowest BCUT2D eigenvalue weighted by Gasteiger charge is -2.16. The highest BCUT2D eigenvalue weighted by atomic mass is 79.9. The number of halogens is 2. The van der Waals surface area contributed by atoms with Crippen LogP contribution in [0.5, 0.6) is 0 Å². The molecule has 1 heterocycles. The van der Waals surface area contributed by atoms with E-state index in [1.165, 1.54) is 0 Å². The third-order valence-electron chi connectivity index (χ3n) is 2.44. The van der Waals surface area contributed by atoms with Crippen LogP contribution in [-0.4, -0.2) is 17.1 Å². The number of nitrogens with one attached hydrogen (secondary N) is 1. The van der Waals surface area contributed by atoms with Gasteiger partial charge in [-0.1, -0.05) is 0 Å². The van der Waals surface area contributed by atoms with Gasteiger partial charge in [0.2, 0.25) is 0 Å². The van der Waals surface area contributed by atoms with Crippen LogP contribution < -0.4 is 11.1 Å². The minimum absolute atomic E-state index is 0.101. The highest BCUT2D eigenvalue weighted by molar-refractivity contribution is 9.11. The average Bonchev–Trinajstić information content (AvgIpc) is 2.91. The van der Waals surface area contributed by atoms with Crippen molar-refractivity contribution < 1.29 is 0 Å². The molecule has 0 aliphatic heterocycles. The molecule has 14 heavy (non-hydrogen) atoms. The first-order valence-corrected chi connectivity index (χ1v) is 6.03. The van der Waals surface area contributed by atoms with E-state index in [4.69, 9.17) is 5.73 Å². The Hall–Kier alpha value is -0.130. The lowest BCUT2D eigenvalue weighted by molar-refractivity contribution is 0.736. The Bertz CT molecular complexity index is 350. The maximum atomic E-state index is 5.68. The molecule has 1 aliphatic carbocycles. The van der Waals surface area contributed by atoms with Crippen molar-refractivity contribution in [2.75, 3.05) is 11.9 Å². The van der Waals surface area contributed by atoms with E-state index in [9.17, 15) is 0 Å². The molecule has 5 heteroatoms. The molecule has 0 bridgehead atoms. The van der Waals surface area contributed by atoms with Crippen LogP contribution in [0.25, 0.3) is 0 Å². The third kappa shape index (κ3) is 2.10. The minimum Gasteiger partial charge on any atom is -0.362 e. The van der Waals surface area contributed by atoms with E-state index in [1.807, 2.05) is 6.07 Å².